The highest BCUT2D eigenvalue weighted by Crippen LogP contribution is 2.20. The summed E-state index contributed by atoms with van der Waals surface area (Å²) in [6.45, 7) is 1.17. The second kappa shape index (κ2) is 8.92. The summed E-state index contributed by atoms with van der Waals surface area (Å²) >= 11 is 0. The Bertz CT molecular complexity index is 807. The van der Waals surface area contributed by atoms with Gasteiger partial charge in [-0.15, -0.1) is 0 Å². The van der Waals surface area contributed by atoms with Gasteiger partial charge in [0.1, 0.15) is 6.04 Å². The van der Waals surface area contributed by atoms with Crippen LogP contribution in [-0.2, 0) is 17.9 Å². The third kappa shape index (κ3) is 4.77. The van der Waals surface area contributed by atoms with E-state index >= 15 is 0 Å². The Morgan fingerprint density at radius 3 is 2.15 bits per heavy atom. The molecule has 0 radical (unpaired) electrons. The highest BCUT2D eigenvalue weighted by Gasteiger charge is 2.26. The van der Waals surface area contributed by atoms with Crippen LogP contribution in [-0.4, -0.2) is 22.8 Å². The summed E-state index contributed by atoms with van der Waals surface area (Å²) < 4.78 is 0. The number of rotatable bonds is 7. The minimum absolute atomic E-state index is 0.0500. The van der Waals surface area contributed by atoms with Crippen molar-refractivity contribution in [1.82, 2.24) is 15.2 Å². The lowest BCUT2D eigenvalue weighted by atomic mass is 10.1. The summed E-state index contributed by atoms with van der Waals surface area (Å²) in [7, 11) is 1.95. The maximum Gasteiger partial charge on any atom is 0.243 e. The molecule has 0 aliphatic heterocycles. The second-order valence-electron chi connectivity index (χ2n) is 6.26. The summed E-state index contributed by atoms with van der Waals surface area (Å²) in [4.78, 5) is 19.4. The number of nitrogens with one attached hydrogen (secondary N) is 1. The van der Waals surface area contributed by atoms with Gasteiger partial charge in [0.25, 0.3) is 0 Å². The van der Waals surface area contributed by atoms with Crippen molar-refractivity contribution < 1.29 is 4.79 Å². The molecule has 2 aromatic carbocycles. The van der Waals surface area contributed by atoms with Crippen LogP contribution in [0.4, 0.5) is 0 Å². The standard InChI is InChI=1S/C22H23N3O/c1-25(17-19-12-6-3-7-13-19)21(20-14-8-9-15-23-20)22(26)24-16-18-10-4-2-5-11-18/h2-15,21H,16-17H2,1H3,(H,24,26). The van der Waals surface area contributed by atoms with Crippen LogP contribution < -0.4 is 5.32 Å². The predicted octanol–water partition coefficient (Wildman–Crippen LogP) is 3.57. The van der Waals surface area contributed by atoms with Gasteiger partial charge >= 0.3 is 0 Å². The molecular formula is C22H23N3O. The number of aromatic nitrogens is 1. The molecule has 132 valence electrons. The maximum atomic E-state index is 13.0. The smallest absolute Gasteiger partial charge is 0.243 e. The Labute approximate surface area is 154 Å². The number of hydrogen-bond acceptors (Lipinski definition) is 3. The summed E-state index contributed by atoms with van der Waals surface area (Å²) in [6.07, 6.45) is 1.73. The monoisotopic (exact) mass is 345 g/mol. The Morgan fingerprint density at radius 2 is 1.54 bits per heavy atom. The average molecular weight is 345 g/mol. The SMILES string of the molecule is CN(Cc1ccccc1)C(C(=O)NCc1ccccc1)c1ccccn1. The lowest BCUT2D eigenvalue weighted by Crippen LogP contribution is -2.38. The number of carbonyl (C=O) groups excluding carboxylic acids is 1. The van der Waals surface area contributed by atoms with Gasteiger partial charge in [0.2, 0.25) is 5.91 Å². The molecule has 4 heteroatoms. The fraction of sp³-hybridized carbons (Fsp3) is 0.182. The van der Waals surface area contributed by atoms with Gasteiger partial charge in [0.05, 0.1) is 5.69 Å². The topological polar surface area (TPSA) is 45.2 Å². The molecule has 1 atom stereocenters. The summed E-state index contributed by atoms with van der Waals surface area (Å²) in [5, 5.41) is 3.04. The predicted molar refractivity (Wildman–Crippen MR) is 103 cm³/mol. The zero-order valence-corrected chi connectivity index (χ0v) is 14.9. The molecule has 0 fully saturated rings. The van der Waals surface area contributed by atoms with Gasteiger partial charge in [-0.1, -0.05) is 66.7 Å². The molecule has 1 unspecified atom stereocenters. The molecule has 1 heterocycles. The first-order valence-electron chi connectivity index (χ1n) is 8.71. The van der Waals surface area contributed by atoms with Gasteiger partial charge in [-0.25, -0.2) is 0 Å². The minimum atomic E-state index is -0.444. The van der Waals surface area contributed by atoms with Crippen molar-refractivity contribution in [2.24, 2.45) is 0 Å². The largest absolute Gasteiger partial charge is 0.350 e. The first-order valence-corrected chi connectivity index (χ1v) is 8.71. The fourth-order valence-corrected chi connectivity index (χ4v) is 2.94. The highest BCUT2D eigenvalue weighted by molar-refractivity contribution is 5.82. The van der Waals surface area contributed by atoms with Gasteiger partial charge in [-0.3, -0.25) is 14.7 Å². The van der Waals surface area contributed by atoms with Crippen LogP contribution >= 0.6 is 0 Å². The summed E-state index contributed by atoms with van der Waals surface area (Å²) in [5.74, 6) is -0.0500. The Morgan fingerprint density at radius 1 is 0.923 bits per heavy atom. The molecule has 0 aliphatic rings. The summed E-state index contributed by atoms with van der Waals surface area (Å²) in [6, 6.07) is 25.3. The highest BCUT2D eigenvalue weighted by atomic mass is 16.2. The second-order valence-corrected chi connectivity index (χ2v) is 6.26. The van der Waals surface area contributed by atoms with E-state index in [1.807, 2.05) is 78.7 Å². The number of likely N-dealkylation sites (N-methyl/N-ethyl adjacent to an activating group) is 1. The van der Waals surface area contributed by atoms with E-state index in [1.165, 1.54) is 0 Å². The van der Waals surface area contributed by atoms with Crippen LogP contribution in [0.2, 0.25) is 0 Å². The van der Waals surface area contributed by atoms with Crippen molar-refractivity contribution in [3.63, 3.8) is 0 Å². The molecule has 1 amide bonds. The molecule has 1 aromatic heterocycles. The number of benzene rings is 2. The van der Waals surface area contributed by atoms with Crippen molar-refractivity contribution in [2.45, 2.75) is 19.1 Å². The number of hydrogen-bond donors (Lipinski definition) is 1. The van der Waals surface area contributed by atoms with Crippen LogP contribution in [0.25, 0.3) is 0 Å². The molecule has 4 nitrogen and oxygen atoms in total. The molecule has 0 aliphatic carbocycles. The van der Waals surface area contributed by atoms with Crippen molar-refractivity contribution in [2.75, 3.05) is 7.05 Å². The van der Waals surface area contributed by atoms with Gasteiger partial charge < -0.3 is 5.32 Å². The van der Waals surface area contributed by atoms with Crippen molar-refractivity contribution in [3.8, 4) is 0 Å². The third-order valence-electron chi connectivity index (χ3n) is 4.24. The van der Waals surface area contributed by atoms with Crippen molar-refractivity contribution in [3.05, 3.63) is 102 Å². The van der Waals surface area contributed by atoms with Crippen LogP contribution in [0.15, 0.2) is 85.1 Å². The molecule has 3 aromatic rings. The van der Waals surface area contributed by atoms with Crippen molar-refractivity contribution >= 4 is 5.91 Å². The van der Waals surface area contributed by atoms with Crippen LogP contribution in [0, 0.1) is 0 Å². The third-order valence-corrected chi connectivity index (χ3v) is 4.24. The molecule has 1 N–H and O–H groups in total. The molecule has 0 bridgehead atoms. The lowest BCUT2D eigenvalue weighted by Gasteiger charge is -2.27. The molecule has 26 heavy (non-hydrogen) atoms. The van der Waals surface area contributed by atoms with E-state index in [-0.39, 0.29) is 5.91 Å². The molecule has 0 saturated heterocycles. The average Bonchev–Trinajstić information content (AvgIpc) is 2.69. The van der Waals surface area contributed by atoms with Crippen LogP contribution in [0.5, 0.6) is 0 Å². The van der Waals surface area contributed by atoms with E-state index < -0.39 is 6.04 Å². The van der Waals surface area contributed by atoms with Crippen LogP contribution in [0.3, 0.4) is 0 Å². The zero-order chi connectivity index (χ0) is 18.2. The Hall–Kier alpha value is -2.98. The fourth-order valence-electron chi connectivity index (χ4n) is 2.94. The molecule has 0 spiro atoms. The number of amides is 1. The van der Waals surface area contributed by atoms with E-state index in [1.54, 1.807) is 6.20 Å². The first-order chi connectivity index (χ1) is 12.7. The van der Waals surface area contributed by atoms with Gasteiger partial charge in [0.15, 0.2) is 0 Å². The molecule has 3 rings (SSSR count). The van der Waals surface area contributed by atoms with Crippen LogP contribution in [0.1, 0.15) is 22.9 Å². The Kier molecular flexibility index (Phi) is 6.12. The maximum absolute atomic E-state index is 13.0. The normalized spacial score (nSPS) is 11.9. The number of nitrogens with zero attached hydrogens (tertiary/aromatic N) is 2. The first kappa shape index (κ1) is 17.8. The number of pyridine rings is 1. The van der Waals surface area contributed by atoms with Gasteiger partial charge in [0, 0.05) is 19.3 Å². The lowest BCUT2D eigenvalue weighted by molar-refractivity contribution is -0.126. The van der Waals surface area contributed by atoms with Crippen molar-refractivity contribution in [1.29, 1.82) is 0 Å². The number of carbonyl (C=O) groups is 1. The van der Waals surface area contributed by atoms with E-state index in [2.05, 4.69) is 22.4 Å². The summed E-state index contributed by atoms with van der Waals surface area (Å²) in [5.41, 5.74) is 2.98. The quantitative estimate of drug-likeness (QED) is 0.712. The van der Waals surface area contributed by atoms with E-state index in [0.29, 0.717) is 13.1 Å². The van der Waals surface area contributed by atoms with E-state index in [9.17, 15) is 4.79 Å². The molecule has 0 saturated carbocycles. The van der Waals surface area contributed by atoms with Gasteiger partial charge in [-0.05, 0) is 30.3 Å². The molecular weight excluding hydrogens is 322 g/mol. The van der Waals surface area contributed by atoms with E-state index in [4.69, 9.17) is 0 Å². The zero-order valence-electron chi connectivity index (χ0n) is 14.9. The van der Waals surface area contributed by atoms with E-state index in [0.717, 1.165) is 16.8 Å². The van der Waals surface area contributed by atoms with Gasteiger partial charge in [-0.2, -0.15) is 0 Å². The Balaban J connectivity index is 1.75. The minimum Gasteiger partial charge on any atom is -0.350 e.